The zero-order chi connectivity index (χ0) is 10.9. The molecule has 0 amide bonds. The van der Waals surface area contributed by atoms with Gasteiger partial charge in [0.25, 0.3) is 0 Å². The first-order chi connectivity index (χ1) is 7.33. The van der Waals surface area contributed by atoms with Gasteiger partial charge in [0.2, 0.25) is 0 Å². The van der Waals surface area contributed by atoms with Crippen LogP contribution in [-0.2, 0) is 0 Å². The fourth-order valence-corrected chi connectivity index (χ4v) is 1.99. The van der Waals surface area contributed by atoms with Crippen LogP contribution in [0, 0.1) is 37.0 Å². The van der Waals surface area contributed by atoms with Crippen LogP contribution >= 0.6 is 11.8 Å². The molecule has 76 valence electrons. The third-order valence-corrected chi connectivity index (χ3v) is 2.80. The Bertz CT molecular complexity index is 302. The van der Waals surface area contributed by atoms with E-state index in [1.807, 2.05) is 30.7 Å². The lowest BCUT2D eigenvalue weighted by atomic mass is 10.2. The minimum Gasteiger partial charge on any atom is -0.198 e. The van der Waals surface area contributed by atoms with Crippen LogP contribution in [-0.4, -0.2) is 5.25 Å². The van der Waals surface area contributed by atoms with Crippen molar-refractivity contribution in [2.75, 3.05) is 0 Å². The average Bonchev–Trinajstić information content (AvgIpc) is 2.26. The fourth-order valence-electron chi connectivity index (χ4n) is 1.07. The lowest BCUT2D eigenvalue weighted by molar-refractivity contribution is 1.12. The summed E-state index contributed by atoms with van der Waals surface area (Å²) in [5.41, 5.74) is 0. The second-order valence-electron chi connectivity index (χ2n) is 3.01. The van der Waals surface area contributed by atoms with Gasteiger partial charge in [-0.3, -0.25) is 0 Å². The smallest absolute Gasteiger partial charge is 0.0672 e. The molecule has 0 fully saturated rings. The van der Waals surface area contributed by atoms with Crippen molar-refractivity contribution >= 4 is 11.8 Å². The molecule has 4 radical (unpaired) electrons. The van der Waals surface area contributed by atoms with Gasteiger partial charge >= 0.3 is 0 Å². The van der Waals surface area contributed by atoms with Crippen molar-refractivity contribution in [1.29, 1.82) is 5.26 Å². The van der Waals surface area contributed by atoms with Crippen molar-refractivity contribution in [3.8, 4) is 6.07 Å². The average molecular weight is 215 g/mol. The zero-order valence-electron chi connectivity index (χ0n) is 8.63. The number of thioether (sulfide) groups is 1. The van der Waals surface area contributed by atoms with E-state index < -0.39 is 0 Å². The summed E-state index contributed by atoms with van der Waals surface area (Å²) >= 11 is 1.80. The summed E-state index contributed by atoms with van der Waals surface area (Å²) in [6, 6.07) is 12.2. The van der Waals surface area contributed by atoms with Crippen molar-refractivity contribution < 1.29 is 0 Å². The van der Waals surface area contributed by atoms with Gasteiger partial charge in [-0.2, -0.15) is 5.26 Å². The predicted octanol–water partition coefficient (Wildman–Crippen LogP) is 3.51. The molecule has 0 heterocycles. The second-order valence-corrected chi connectivity index (χ2v) is 4.46. The third-order valence-electron chi connectivity index (χ3n) is 1.73. The molecule has 1 rings (SSSR count). The van der Waals surface area contributed by atoms with Gasteiger partial charge in [-0.25, -0.2) is 0 Å². The van der Waals surface area contributed by atoms with E-state index in [0.29, 0.717) is 5.25 Å². The van der Waals surface area contributed by atoms with Gasteiger partial charge in [-0.1, -0.05) is 25.1 Å². The van der Waals surface area contributed by atoms with E-state index in [-0.39, 0.29) is 0 Å². The Hall–Kier alpha value is -0.940. The topological polar surface area (TPSA) is 23.8 Å². The normalized spacial score (nSPS) is 12.0. The molecule has 0 aliphatic rings. The van der Waals surface area contributed by atoms with Crippen LogP contribution in [0.2, 0.25) is 0 Å². The number of hydrogen-bond acceptors (Lipinski definition) is 2. The van der Waals surface area contributed by atoms with E-state index in [0.717, 1.165) is 0 Å². The molecule has 0 unspecified atom stereocenters. The summed E-state index contributed by atoms with van der Waals surface area (Å²) in [7, 11) is 0. The fraction of sp³-hybridized carbons (Fsp3) is 0.154. The molecule has 0 spiro atoms. The molecule has 1 aromatic carbocycles. The monoisotopic (exact) mass is 215 g/mol. The molecule has 2 heteroatoms. The Morgan fingerprint density at radius 1 is 1.27 bits per heavy atom. The molecule has 1 atom stereocenters. The number of unbranched alkanes of at least 4 members (excludes halogenated alkanes) is 2. The van der Waals surface area contributed by atoms with Gasteiger partial charge in [-0.05, 0) is 31.4 Å². The predicted molar refractivity (Wildman–Crippen MR) is 64.6 cm³/mol. The second kappa shape index (κ2) is 7.36. The quantitative estimate of drug-likeness (QED) is 0.535. The summed E-state index contributed by atoms with van der Waals surface area (Å²) in [5.74, 6) is 0. The Morgan fingerprint density at radius 2 is 2.00 bits per heavy atom. The van der Waals surface area contributed by atoms with E-state index in [1.54, 1.807) is 18.2 Å². The maximum Gasteiger partial charge on any atom is 0.0672 e. The van der Waals surface area contributed by atoms with Crippen LogP contribution in [0.4, 0.5) is 0 Å². The molecule has 1 nitrogen and oxygen atoms in total. The maximum absolute atomic E-state index is 8.29. The van der Waals surface area contributed by atoms with Gasteiger partial charge < -0.3 is 0 Å². The van der Waals surface area contributed by atoms with Crippen LogP contribution in [0.15, 0.2) is 35.2 Å². The van der Waals surface area contributed by atoms with Crippen molar-refractivity contribution in [1.82, 2.24) is 0 Å². The molecule has 0 saturated carbocycles. The Balaban J connectivity index is 2.19. The van der Waals surface area contributed by atoms with Crippen molar-refractivity contribution in [2.24, 2.45) is 0 Å². The Labute approximate surface area is 96.5 Å². The molecular weight excluding hydrogens is 202 g/mol. The van der Waals surface area contributed by atoms with Gasteiger partial charge in [0.15, 0.2) is 0 Å². The molecule has 0 saturated heterocycles. The van der Waals surface area contributed by atoms with Gasteiger partial charge in [0.1, 0.15) is 0 Å². The highest BCUT2D eigenvalue weighted by Gasteiger charge is 2.04. The zero-order valence-corrected chi connectivity index (χ0v) is 9.45. The third kappa shape index (κ3) is 5.49. The maximum atomic E-state index is 8.29. The molecule has 0 N–H and O–H groups in total. The van der Waals surface area contributed by atoms with Gasteiger partial charge in [-0.15, -0.1) is 11.8 Å². The number of benzene rings is 1. The summed E-state index contributed by atoms with van der Waals surface area (Å²) in [6.45, 7) is 2.13. The van der Waals surface area contributed by atoms with Gasteiger partial charge in [0, 0.05) is 10.1 Å². The lowest BCUT2D eigenvalue weighted by Crippen LogP contribution is -1.97. The lowest BCUT2D eigenvalue weighted by Gasteiger charge is -2.09. The molecule has 0 aromatic heterocycles. The van der Waals surface area contributed by atoms with E-state index >= 15 is 0 Å². The van der Waals surface area contributed by atoms with E-state index in [2.05, 4.69) is 25.5 Å². The highest BCUT2D eigenvalue weighted by Crippen LogP contribution is 2.24. The summed E-state index contributed by atoms with van der Waals surface area (Å²) in [5, 5.41) is 8.70. The van der Waals surface area contributed by atoms with Crippen LogP contribution < -0.4 is 0 Å². The van der Waals surface area contributed by atoms with E-state index in [4.69, 9.17) is 5.26 Å². The molecular formula is C13H13NS. The SMILES string of the molecule is C[C@@H]([CH][CH][CH][CH]C#N)Sc1ccccc1. The number of nitrogens with zero attached hydrogens (tertiary/aromatic N) is 1. The number of rotatable bonds is 6. The first-order valence-electron chi connectivity index (χ1n) is 4.77. The summed E-state index contributed by atoms with van der Waals surface area (Å²) < 4.78 is 0. The number of hydrogen-bond donors (Lipinski definition) is 0. The molecule has 0 aliphatic heterocycles. The molecule has 15 heavy (non-hydrogen) atoms. The number of nitriles is 1. The first kappa shape index (κ1) is 12.1. The highest BCUT2D eigenvalue weighted by atomic mass is 32.2. The molecule has 0 bridgehead atoms. The Morgan fingerprint density at radius 3 is 2.67 bits per heavy atom. The minimum absolute atomic E-state index is 0.413. The van der Waals surface area contributed by atoms with Crippen molar-refractivity contribution in [2.45, 2.75) is 17.1 Å². The Kier molecular flexibility index (Phi) is 5.96. The molecule has 0 aliphatic carbocycles. The molecule has 1 aromatic rings. The van der Waals surface area contributed by atoms with Gasteiger partial charge in [0.05, 0.1) is 12.5 Å². The van der Waals surface area contributed by atoms with Crippen LogP contribution in [0.3, 0.4) is 0 Å². The largest absolute Gasteiger partial charge is 0.198 e. The highest BCUT2D eigenvalue weighted by molar-refractivity contribution is 8.00. The van der Waals surface area contributed by atoms with Crippen molar-refractivity contribution in [3.05, 3.63) is 56.0 Å². The van der Waals surface area contributed by atoms with E-state index in [9.17, 15) is 0 Å². The van der Waals surface area contributed by atoms with Crippen molar-refractivity contribution in [3.63, 3.8) is 0 Å². The summed E-state index contributed by atoms with van der Waals surface area (Å²) in [4.78, 5) is 1.26. The van der Waals surface area contributed by atoms with E-state index in [1.165, 1.54) is 11.3 Å². The first-order valence-corrected chi connectivity index (χ1v) is 5.65. The van der Waals surface area contributed by atoms with Crippen LogP contribution in [0.1, 0.15) is 6.92 Å². The summed E-state index contributed by atoms with van der Waals surface area (Å²) in [6.07, 6.45) is 7.20. The van der Waals surface area contributed by atoms with Crippen LogP contribution in [0.5, 0.6) is 0 Å². The standard InChI is InChI=1S/C13H13NS/c1-12(8-4-3-7-11-14)15-13-9-5-2-6-10-13/h2-10,12H,1H3/t12-/m0/s1. The minimum atomic E-state index is 0.413. The van der Waals surface area contributed by atoms with Crippen LogP contribution in [0.25, 0.3) is 0 Å².